The predicted octanol–water partition coefficient (Wildman–Crippen LogP) is 3.37. The lowest BCUT2D eigenvalue weighted by atomic mass is 9.99. The molecule has 0 saturated carbocycles. The highest BCUT2D eigenvalue weighted by atomic mass is 19.4. The SMILES string of the molecule is CCC(CNC(=NC)NCC1CCCN(C)C1)Oc1cccc(C(F)(F)F)c1. The van der Waals surface area contributed by atoms with Crippen LogP contribution >= 0.6 is 0 Å². The number of rotatable bonds is 7. The molecule has 1 aliphatic rings. The van der Waals surface area contributed by atoms with E-state index in [-0.39, 0.29) is 11.9 Å². The predicted molar refractivity (Wildman–Crippen MR) is 106 cm³/mol. The van der Waals surface area contributed by atoms with Gasteiger partial charge in [-0.15, -0.1) is 0 Å². The number of halogens is 3. The van der Waals surface area contributed by atoms with Crippen LogP contribution < -0.4 is 15.4 Å². The number of hydrogen-bond donors (Lipinski definition) is 2. The van der Waals surface area contributed by atoms with Crippen LogP contribution in [0.5, 0.6) is 5.75 Å². The Hall–Kier alpha value is -1.96. The molecule has 2 rings (SSSR count). The Labute approximate surface area is 165 Å². The van der Waals surface area contributed by atoms with E-state index in [1.165, 1.54) is 18.9 Å². The van der Waals surface area contributed by atoms with Gasteiger partial charge in [0.05, 0.1) is 12.1 Å². The molecular weight excluding hydrogens is 369 g/mol. The van der Waals surface area contributed by atoms with Crippen LogP contribution in [0.15, 0.2) is 29.3 Å². The quantitative estimate of drug-likeness (QED) is 0.544. The summed E-state index contributed by atoms with van der Waals surface area (Å²) in [4.78, 5) is 6.56. The molecule has 8 heteroatoms. The number of nitrogens with zero attached hydrogens (tertiary/aromatic N) is 2. The molecule has 5 nitrogen and oxygen atoms in total. The van der Waals surface area contributed by atoms with Crippen LogP contribution in [0.3, 0.4) is 0 Å². The summed E-state index contributed by atoms with van der Waals surface area (Å²) in [6.07, 6.45) is -1.57. The van der Waals surface area contributed by atoms with E-state index in [4.69, 9.17) is 4.74 Å². The Morgan fingerprint density at radius 3 is 2.79 bits per heavy atom. The van der Waals surface area contributed by atoms with Crippen LogP contribution in [-0.2, 0) is 6.18 Å². The number of alkyl halides is 3. The first-order valence-corrected chi connectivity index (χ1v) is 9.78. The maximum absolute atomic E-state index is 12.9. The second kappa shape index (κ2) is 10.5. The zero-order chi connectivity index (χ0) is 20.6. The molecule has 2 unspecified atom stereocenters. The molecular formula is C20H31F3N4O. The average Bonchev–Trinajstić information content (AvgIpc) is 2.66. The van der Waals surface area contributed by atoms with Crippen molar-refractivity contribution in [2.45, 2.75) is 38.5 Å². The van der Waals surface area contributed by atoms with Crippen molar-refractivity contribution in [3.05, 3.63) is 29.8 Å². The van der Waals surface area contributed by atoms with Crippen LogP contribution in [-0.4, -0.2) is 57.2 Å². The van der Waals surface area contributed by atoms with Gasteiger partial charge in [-0.05, 0) is 57.0 Å². The summed E-state index contributed by atoms with van der Waals surface area (Å²) in [6, 6.07) is 4.99. The molecule has 2 atom stereocenters. The highest BCUT2D eigenvalue weighted by Crippen LogP contribution is 2.31. The fourth-order valence-electron chi connectivity index (χ4n) is 3.32. The highest BCUT2D eigenvalue weighted by molar-refractivity contribution is 5.79. The van der Waals surface area contributed by atoms with Gasteiger partial charge >= 0.3 is 6.18 Å². The van der Waals surface area contributed by atoms with Crippen molar-refractivity contribution >= 4 is 5.96 Å². The Kier molecular flexibility index (Phi) is 8.41. The van der Waals surface area contributed by atoms with E-state index >= 15 is 0 Å². The number of ether oxygens (including phenoxy) is 1. The minimum atomic E-state index is -4.38. The van der Waals surface area contributed by atoms with Gasteiger partial charge in [0.25, 0.3) is 0 Å². The van der Waals surface area contributed by atoms with Crippen LogP contribution in [0.1, 0.15) is 31.7 Å². The summed E-state index contributed by atoms with van der Waals surface area (Å²) in [5.41, 5.74) is -0.706. The molecule has 0 aromatic heterocycles. The molecule has 0 radical (unpaired) electrons. The van der Waals surface area contributed by atoms with Crippen molar-refractivity contribution in [2.24, 2.45) is 10.9 Å². The summed E-state index contributed by atoms with van der Waals surface area (Å²) >= 11 is 0. The second-order valence-corrected chi connectivity index (χ2v) is 7.28. The van der Waals surface area contributed by atoms with Crippen LogP contribution in [0, 0.1) is 5.92 Å². The molecule has 1 fully saturated rings. The van der Waals surface area contributed by atoms with Gasteiger partial charge in [0.2, 0.25) is 0 Å². The van der Waals surface area contributed by atoms with E-state index in [1.807, 2.05) is 6.92 Å². The Morgan fingerprint density at radius 2 is 2.14 bits per heavy atom. The number of nitrogens with one attached hydrogen (secondary N) is 2. The van der Waals surface area contributed by atoms with Crippen molar-refractivity contribution in [2.75, 3.05) is 40.3 Å². The lowest BCUT2D eigenvalue weighted by Crippen LogP contribution is -2.46. The zero-order valence-corrected chi connectivity index (χ0v) is 16.9. The Balaban J connectivity index is 1.83. The maximum Gasteiger partial charge on any atom is 0.416 e. The van der Waals surface area contributed by atoms with E-state index in [9.17, 15) is 13.2 Å². The smallest absolute Gasteiger partial charge is 0.416 e. The summed E-state index contributed by atoms with van der Waals surface area (Å²) in [5, 5.41) is 6.55. The Morgan fingerprint density at radius 1 is 1.36 bits per heavy atom. The molecule has 0 bridgehead atoms. The third kappa shape index (κ3) is 7.22. The monoisotopic (exact) mass is 400 g/mol. The topological polar surface area (TPSA) is 48.9 Å². The van der Waals surface area contributed by atoms with Crippen molar-refractivity contribution in [3.63, 3.8) is 0 Å². The molecule has 2 N–H and O–H groups in total. The number of guanidine groups is 1. The summed E-state index contributed by atoms with van der Waals surface area (Å²) in [7, 11) is 3.84. The van der Waals surface area contributed by atoms with E-state index in [0.717, 1.165) is 31.8 Å². The molecule has 1 aromatic rings. The van der Waals surface area contributed by atoms with E-state index in [0.29, 0.717) is 24.8 Å². The van der Waals surface area contributed by atoms with E-state index in [2.05, 4.69) is 27.6 Å². The van der Waals surface area contributed by atoms with Crippen molar-refractivity contribution < 1.29 is 17.9 Å². The first-order chi connectivity index (χ1) is 13.3. The van der Waals surface area contributed by atoms with Crippen molar-refractivity contribution in [1.82, 2.24) is 15.5 Å². The largest absolute Gasteiger partial charge is 0.489 e. The van der Waals surface area contributed by atoms with Crippen LogP contribution in [0.4, 0.5) is 13.2 Å². The number of hydrogen-bond acceptors (Lipinski definition) is 3. The van der Waals surface area contributed by atoms with E-state index < -0.39 is 11.7 Å². The van der Waals surface area contributed by atoms with Gasteiger partial charge in [-0.25, -0.2) is 0 Å². The molecule has 158 valence electrons. The second-order valence-electron chi connectivity index (χ2n) is 7.28. The number of likely N-dealkylation sites (tertiary alicyclic amines) is 1. The lowest BCUT2D eigenvalue weighted by Gasteiger charge is -2.30. The van der Waals surface area contributed by atoms with Gasteiger partial charge in [-0.2, -0.15) is 13.2 Å². The van der Waals surface area contributed by atoms with Gasteiger partial charge in [-0.1, -0.05) is 13.0 Å². The molecule has 0 aliphatic carbocycles. The van der Waals surface area contributed by atoms with E-state index in [1.54, 1.807) is 13.1 Å². The standard InChI is InChI=1S/C20H31F3N4O/c1-4-17(28-18-9-5-8-16(11-18)20(21,22)23)13-26-19(24-2)25-12-15-7-6-10-27(3)14-15/h5,8-9,11,15,17H,4,6-7,10,12-14H2,1-3H3,(H2,24,25,26). The van der Waals surface area contributed by atoms with Gasteiger partial charge < -0.3 is 20.3 Å². The minimum Gasteiger partial charge on any atom is -0.489 e. The third-order valence-corrected chi connectivity index (χ3v) is 4.92. The first-order valence-electron chi connectivity index (χ1n) is 9.78. The van der Waals surface area contributed by atoms with Gasteiger partial charge in [0, 0.05) is 20.1 Å². The summed E-state index contributed by atoms with van der Waals surface area (Å²) in [5.74, 6) is 1.48. The molecule has 28 heavy (non-hydrogen) atoms. The zero-order valence-electron chi connectivity index (χ0n) is 16.9. The van der Waals surface area contributed by atoms with Crippen LogP contribution in [0.25, 0.3) is 0 Å². The molecule has 0 amide bonds. The van der Waals surface area contributed by atoms with Crippen molar-refractivity contribution in [1.29, 1.82) is 0 Å². The summed E-state index contributed by atoms with van der Waals surface area (Å²) in [6.45, 7) is 5.45. The molecule has 1 heterocycles. The highest BCUT2D eigenvalue weighted by Gasteiger charge is 2.30. The summed E-state index contributed by atoms with van der Waals surface area (Å²) < 4.78 is 44.3. The number of piperidine rings is 1. The van der Waals surface area contributed by atoms with Gasteiger partial charge in [0.15, 0.2) is 5.96 Å². The lowest BCUT2D eigenvalue weighted by molar-refractivity contribution is -0.137. The van der Waals surface area contributed by atoms with Crippen LogP contribution in [0.2, 0.25) is 0 Å². The van der Waals surface area contributed by atoms with Gasteiger partial charge in [0.1, 0.15) is 11.9 Å². The number of benzene rings is 1. The van der Waals surface area contributed by atoms with Gasteiger partial charge in [-0.3, -0.25) is 4.99 Å². The fraction of sp³-hybridized carbons (Fsp3) is 0.650. The molecule has 0 spiro atoms. The molecule has 1 aliphatic heterocycles. The normalized spacial score (nSPS) is 19.9. The third-order valence-electron chi connectivity index (χ3n) is 4.92. The minimum absolute atomic E-state index is 0.219. The number of aliphatic imine (C=N–C) groups is 1. The Bertz CT molecular complexity index is 636. The molecule has 1 aromatic carbocycles. The maximum atomic E-state index is 12.9. The molecule has 1 saturated heterocycles. The average molecular weight is 400 g/mol. The van der Waals surface area contributed by atoms with Crippen molar-refractivity contribution in [3.8, 4) is 5.75 Å². The fourth-order valence-corrected chi connectivity index (χ4v) is 3.32. The first kappa shape index (κ1) is 22.3.